The van der Waals surface area contributed by atoms with Gasteiger partial charge in [0.2, 0.25) is 0 Å². The highest BCUT2D eigenvalue weighted by atomic mass is 14.9. The number of rotatable bonds is 2. The van der Waals surface area contributed by atoms with Gasteiger partial charge in [0.25, 0.3) is 0 Å². The Morgan fingerprint density at radius 3 is 2.08 bits per heavy atom. The minimum Gasteiger partial charge on any atom is -0.397 e. The fourth-order valence-corrected chi connectivity index (χ4v) is 3.31. The number of nitrogens with two attached hydrogens (primary N) is 1. The van der Waals surface area contributed by atoms with Gasteiger partial charge in [-0.3, -0.25) is 0 Å². The van der Waals surface area contributed by atoms with E-state index in [-0.39, 0.29) is 0 Å². The van der Waals surface area contributed by atoms with E-state index < -0.39 is 0 Å². The summed E-state index contributed by atoms with van der Waals surface area (Å²) in [4.78, 5) is 9.68. The third-order valence-electron chi connectivity index (χ3n) is 4.58. The van der Waals surface area contributed by atoms with Gasteiger partial charge >= 0.3 is 0 Å². The number of fused-ring (bicyclic) bond motifs is 4. The Bertz CT molecular complexity index is 1280. The first-order chi connectivity index (χ1) is 12.8. The van der Waals surface area contributed by atoms with Crippen molar-refractivity contribution in [3.8, 4) is 0 Å². The molecule has 4 aromatic carbocycles. The van der Waals surface area contributed by atoms with E-state index in [0.29, 0.717) is 5.69 Å². The van der Waals surface area contributed by atoms with Crippen molar-refractivity contribution in [2.24, 2.45) is 0 Å². The topological polar surface area (TPSA) is 63.8 Å². The van der Waals surface area contributed by atoms with Crippen molar-refractivity contribution in [2.45, 2.75) is 0 Å². The molecule has 124 valence electrons. The molecule has 5 rings (SSSR count). The maximum Gasteiger partial charge on any atom is 0.0974 e. The summed E-state index contributed by atoms with van der Waals surface area (Å²) in [6.45, 7) is 0. The molecule has 0 saturated carbocycles. The molecule has 0 radical (unpaired) electrons. The molecule has 1 aromatic heterocycles. The molecule has 0 saturated heterocycles. The summed E-state index contributed by atoms with van der Waals surface area (Å²) in [6.07, 6.45) is 0. The summed E-state index contributed by atoms with van der Waals surface area (Å²) >= 11 is 0. The Morgan fingerprint density at radius 1 is 0.615 bits per heavy atom. The van der Waals surface area contributed by atoms with E-state index in [2.05, 4.69) is 17.4 Å². The minimum absolute atomic E-state index is 0.710. The van der Waals surface area contributed by atoms with Crippen molar-refractivity contribution < 1.29 is 0 Å². The summed E-state index contributed by atoms with van der Waals surface area (Å²) in [7, 11) is 0. The SMILES string of the molecule is Nc1ccccc1Nc1cc2nc3ccccc3nc2c2ccccc12. The lowest BCUT2D eigenvalue weighted by Crippen LogP contribution is -1.98. The molecular weight excluding hydrogens is 320 g/mol. The maximum absolute atomic E-state index is 6.11. The first-order valence-electron chi connectivity index (χ1n) is 8.49. The summed E-state index contributed by atoms with van der Waals surface area (Å²) in [5, 5.41) is 5.62. The molecule has 0 fully saturated rings. The number of aromatic nitrogens is 2. The number of benzene rings is 4. The van der Waals surface area contributed by atoms with E-state index in [1.165, 1.54) is 0 Å². The van der Waals surface area contributed by atoms with Crippen LogP contribution in [0.5, 0.6) is 0 Å². The number of nitrogen functional groups attached to an aromatic ring is 1. The van der Waals surface area contributed by atoms with Crippen molar-refractivity contribution in [3.05, 3.63) is 78.9 Å². The van der Waals surface area contributed by atoms with E-state index in [4.69, 9.17) is 15.7 Å². The summed E-state index contributed by atoms with van der Waals surface area (Å²) in [5.41, 5.74) is 12.2. The molecule has 0 amide bonds. The molecule has 1 heterocycles. The highest BCUT2D eigenvalue weighted by Gasteiger charge is 2.11. The van der Waals surface area contributed by atoms with E-state index in [1.807, 2.05) is 66.7 Å². The van der Waals surface area contributed by atoms with Crippen LogP contribution in [0.2, 0.25) is 0 Å². The van der Waals surface area contributed by atoms with Gasteiger partial charge in [0, 0.05) is 16.5 Å². The molecule has 5 aromatic rings. The number of nitrogens with one attached hydrogen (secondary N) is 1. The van der Waals surface area contributed by atoms with Crippen LogP contribution in [-0.4, -0.2) is 9.97 Å². The van der Waals surface area contributed by atoms with Gasteiger partial charge in [0.1, 0.15) is 0 Å². The molecule has 0 spiro atoms. The van der Waals surface area contributed by atoms with Crippen LogP contribution in [0.25, 0.3) is 32.8 Å². The van der Waals surface area contributed by atoms with Gasteiger partial charge in [0.05, 0.1) is 33.4 Å². The van der Waals surface area contributed by atoms with Crippen LogP contribution >= 0.6 is 0 Å². The summed E-state index contributed by atoms with van der Waals surface area (Å²) < 4.78 is 0. The number of hydrogen-bond acceptors (Lipinski definition) is 4. The van der Waals surface area contributed by atoms with Crippen molar-refractivity contribution in [1.82, 2.24) is 9.97 Å². The Labute approximate surface area is 150 Å². The van der Waals surface area contributed by atoms with E-state index in [0.717, 1.165) is 44.2 Å². The van der Waals surface area contributed by atoms with Crippen molar-refractivity contribution >= 4 is 49.9 Å². The van der Waals surface area contributed by atoms with Gasteiger partial charge in [-0.15, -0.1) is 0 Å². The van der Waals surface area contributed by atoms with Gasteiger partial charge in [-0.05, 0) is 30.3 Å². The Hall–Kier alpha value is -3.66. The lowest BCUT2D eigenvalue weighted by Gasteiger charge is -2.14. The summed E-state index contributed by atoms with van der Waals surface area (Å²) in [5.74, 6) is 0. The Kier molecular flexibility index (Phi) is 3.22. The van der Waals surface area contributed by atoms with E-state index in [1.54, 1.807) is 0 Å². The second-order valence-electron chi connectivity index (χ2n) is 6.26. The predicted octanol–water partition coefficient (Wildman–Crippen LogP) is 5.26. The molecule has 0 aliphatic heterocycles. The van der Waals surface area contributed by atoms with Gasteiger partial charge in [-0.2, -0.15) is 0 Å². The molecule has 0 aliphatic rings. The Morgan fingerprint density at radius 2 is 1.27 bits per heavy atom. The zero-order chi connectivity index (χ0) is 17.5. The lowest BCUT2D eigenvalue weighted by atomic mass is 10.1. The molecule has 26 heavy (non-hydrogen) atoms. The average Bonchev–Trinajstić information content (AvgIpc) is 2.68. The van der Waals surface area contributed by atoms with Gasteiger partial charge in [0.15, 0.2) is 0 Å². The van der Waals surface area contributed by atoms with Crippen LogP contribution in [0.15, 0.2) is 78.9 Å². The molecule has 4 nitrogen and oxygen atoms in total. The second kappa shape index (κ2) is 5.70. The van der Waals surface area contributed by atoms with Gasteiger partial charge in [-0.25, -0.2) is 9.97 Å². The van der Waals surface area contributed by atoms with Crippen LogP contribution in [0.1, 0.15) is 0 Å². The second-order valence-corrected chi connectivity index (χ2v) is 6.26. The summed E-state index contributed by atoms with van der Waals surface area (Å²) in [6, 6.07) is 26.0. The normalized spacial score (nSPS) is 11.2. The third kappa shape index (κ3) is 2.31. The molecule has 0 atom stereocenters. The fourth-order valence-electron chi connectivity index (χ4n) is 3.31. The Balaban J connectivity index is 1.82. The smallest absolute Gasteiger partial charge is 0.0974 e. The first kappa shape index (κ1) is 14.7. The number of hydrogen-bond donors (Lipinski definition) is 2. The number of nitrogens with zero attached hydrogens (tertiary/aromatic N) is 2. The van der Waals surface area contributed by atoms with E-state index >= 15 is 0 Å². The number of anilines is 3. The van der Waals surface area contributed by atoms with E-state index in [9.17, 15) is 0 Å². The van der Waals surface area contributed by atoms with Gasteiger partial charge in [-0.1, -0.05) is 48.5 Å². The van der Waals surface area contributed by atoms with Crippen molar-refractivity contribution in [3.63, 3.8) is 0 Å². The lowest BCUT2D eigenvalue weighted by molar-refractivity contribution is 1.40. The fraction of sp³-hybridized carbons (Fsp3) is 0. The zero-order valence-corrected chi connectivity index (χ0v) is 14.0. The molecule has 0 bridgehead atoms. The predicted molar refractivity (Wildman–Crippen MR) is 109 cm³/mol. The third-order valence-corrected chi connectivity index (χ3v) is 4.58. The highest BCUT2D eigenvalue weighted by molar-refractivity contribution is 6.12. The average molecular weight is 336 g/mol. The molecule has 0 unspecified atom stereocenters. The largest absolute Gasteiger partial charge is 0.397 e. The molecule has 3 N–H and O–H groups in total. The zero-order valence-electron chi connectivity index (χ0n) is 14.0. The molecule has 0 aliphatic carbocycles. The van der Waals surface area contributed by atoms with Crippen LogP contribution in [0, 0.1) is 0 Å². The van der Waals surface area contributed by atoms with Crippen molar-refractivity contribution in [2.75, 3.05) is 11.1 Å². The minimum atomic E-state index is 0.710. The van der Waals surface area contributed by atoms with Crippen LogP contribution < -0.4 is 11.1 Å². The molecular formula is C22H16N4. The van der Waals surface area contributed by atoms with Crippen LogP contribution in [-0.2, 0) is 0 Å². The monoisotopic (exact) mass is 336 g/mol. The number of para-hydroxylation sites is 4. The molecule has 4 heteroatoms. The first-order valence-corrected chi connectivity index (χ1v) is 8.49. The van der Waals surface area contributed by atoms with Crippen LogP contribution in [0.3, 0.4) is 0 Å². The standard InChI is InChI=1S/C22H16N4/c23-16-9-3-4-10-17(16)24-20-13-21-22(15-8-2-1-7-14(15)20)26-19-12-6-5-11-18(19)25-21/h1-13,24H,23H2. The van der Waals surface area contributed by atoms with Crippen LogP contribution in [0.4, 0.5) is 17.1 Å². The highest BCUT2D eigenvalue weighted by Crippen LogP contribution is 2.34. The maximum atomic E-state index is 6.11. The van der Waals surface area contributed by atoms with Gasteiger partial charge < -0.3 is 11.1 Å². The van der Waals surface area contributed by atoms with Crippen molar-refractivity contribution in [1.29, 1.82) is 0 Å². The quantitative estimate of drug-likeness (QED) is 0.262.